The molecule has 0 aliphatic heterocycles. The SMILES string of the molecule is CCCCCn1ncc2cc(/C(N)=N\O)c(C)cc21.O=C=O. The third-order valence-corrected chi connectivity index (χ3v) is 3.35. The van der Waals surface area contributed by atoms with Crippen molar-refractivity contribution in [2.24, 2.45) is 10.9 Å². The zero-order chi connectivity index (χ0) is 16.5. The van der Waals surface area contributed by atoms with E-state index in [1.54, 1.807) is 0 Å². The lowest BCUT2D eigenvalue weighted by Gasteiger charge is -2.07. The number of amidine groups is 1. The van der Waals surface area contributed by atoms with Crippen molar-refractivity contribution >= 4 is 22.9 Å². The fraction of sp³-hybridized carbons (Fsp3) is 0.400. The average Bonchev–Trinajstić information content (AvgIpc) is 2.89. The maximum Gasteiger partial charge on any atom is 0.373 e. The highest BCUT2D eigenvalue weighted by atomic mass is 16.4. The van der Waals surface area contributed by atoms with Crippen LogP contribution in [0.2, 0.25) is 0 Å². The summed E-state index contributed by atoms with van der Waals surface area (Å²) >= 11 is 0. The Hall–Kier alpha value is -2.66. The molecule has 0 radical (unpaired) electrons. The summed E-state index contributed by atoms with van der Waals surface area (Å²) < 4.78 is 2.02. The monoisotopic (exact) mass is 304 g/mol. The quantitative estimate of drug-likeness (QED) is 0.289. The van der Waals surface area contributed by atoms with Gasteiger partial charge in [0, 0.05) is 17.5 Å². The van der Waals surface area contributed by atoms with Gasteiger partial charge >= 0.3 is 6.15 Å². The molecular weight excluding hydrogens is 284 g/mol. The summed E-state index contributed by atoms with van der Waals surface area (Å²) in [6.07, 6.45) is 5.62. The van der Waals surface area contributed by atoms with Crippen LogP contribution in [0, 0.1) is 6.92 Å². The van der Waals surface area contributed by atoms with Crippen LogP contribution in [0.5, 0.6) is 0 Å². The van der Waals surface area contributed by atoms with Gasteiger partial charge in [-0.25, -0.2) is 0 Å². The van der Waals surface area contributed by atoms with Crippen molar-refractivity contribution in [3.8, 4) is 0 Å². The predicted octanol–water partition coefficient (Wildman–Crippen LogP) is 2.05. The van der Waals surface area contributed by atoms with E-state index in [9.17, 15) is 0 Å². The summed E-state index contributed by atoms with van der Waals surface area (Å²) in [7, 11) is 0. The van der Waals surface area contributed by atoms with Crippen LogP contribution in [0.4, 0.5) is 0 Å². The van der Waals surface area contributed by atoms with Gasteiger partial charge in [0.25, 0.3) is 0 Å². The van der Waals surface area contributed by atoms with E-state index >= 15 is 0 Å². The first kappa shape index (κ1) is 17.4. The Bertz CT molecular complexity index is 685. The molecule has 7 nitrogen and oxygen atoms in total. The Balaban J connectivity index is 0.000000745. The van der Waals surface area contributed by atoms with Crippen LogP contribution in [-0.4, -0.2) is 27.0 Å². The van der Waals surface area contributed by atoms with Crippen LogP contribution in [-0.2, 0) is 16.1 Å². The van der Waals surface area contributed by atoms with Gasteiger partial charge in [0.2, 0.25) is 0 Å². The highest BCUT2D eigenvalue weighted by Crippen LogP contribution is 2.20. The normalized spacial score (nSPS) is 10.9. The van der Waals surface area contributed by atoms with Gasteiger partial charge < -0.3 is 10.9 Å². The molecule has 2 rings (SSSR count). The van der Waals surface area contributed by atoms with Gasteiger partial charge in [-0.05, 0) is 31.0 Å². The molecule has 1 aromatic carbocycles. The maximum atomic E-state index is 8.78. The summed E-state index contributed by atoms with van der Waals surface area (Å²) in [5.74, 6) is 0.137. The fourth-order valence-electron chi connectivity index (χ4n) is 2.25. The number of aromatic nitrogens is 2. The molecule has 3 N–H and O–H groups in total. The average molecular weight is 304 g/mol. The minimum absolute atomic E-state index is 0.137. The topological polar surface area (TPSA) is 111 Å². The number of nitrogens with zero attached hydrogens (tertiary/aromatic N) is 3. The smallest absolute Gasteiger partial charge is 0.373 e. The molecule has 0 fully saturated rings. The lowest BCUT2D eigenvalue weighted by atomic mass is 10.1. The van der Waals surface area contributed by atoms with E-state index in [4.69, 9.17) is 20.5 Å². The summed E-state index contributed by atoms with van der Waals surface area (Å²) in [6.45, 7) is 5.07. The summed E-state index contributed by atoms with van der Waals surface area (Å²) in [4.78, 5) is 16.2. The molecule has 1 heterocycles. The van der Waals surface area contributed by atoms with Crippen molar-refractivity contribution < 1.29 is 14.8 Å². The third-order valence-electron chi connectivity index (χ3n) is 3.35. The summed E-state index contributed by atoms with van der Waals surface area (Å²) in [6, 6.07) is 3.96. The Morgan fingerprint density at radius 2 is 2.09 bits per heavy atom. The first-order valence-corrected chi connectivity index (χ1v) is 7.02. The van der Waals surface area contributed by atoms with Gasteiger partial charge in [-0.1, -0.05) is 24.9 Å². The van der Waals surface area contributed by atoms with Gasteiger partial charge in [-0.15, -0.1) is 0 Å². The molecule has 0 aliphatic rings. The van der Waals surface area contributed by atoms with Gasteiger partial charge in [0.15, 0.2) is 5.84 Å². The summed E-state index contributed by atoms with van der Waals surface area (Å²) in [5.41, 5.74) is 8.50. The zero-order valence-corrected chi connectivity index (χ0v) is 12.7. The standard InChI is InChI=1S/C14H20N4O.CO2/c1-3-4-5-6-18-13-7-10(2)12(14(15)17-19)8-11(13)9-16-18;2-1-3/h7-9,19H,3-6H2,1-2H3,(H2,15,17);. The number of benzene rings is 1. The highest BCUT2D eigenvalue weighted by Gasteiger charge is 2.09. The predicted molar refractivity (Wildman–Crippen MR) is 81.5 cm³/mol. The van der Waals surface area contributed by atoms with Crippen LogP contribution >= 0.6 is 0 Å². The van der Waals surface area contributed by atoms with Gasteiger partial charge in [0.05, 0.1) is 11.7 Å². The van der Waals surface area contributed by atoms with E-state index < -0.39 is 0 Å². The minimum Gasteiger partial charge on any atom is -0.409 e. The number of aryl methyl sites for hydroxylation is 2. The summed E-state index contributed by atoms with van der Waals surface area (Å²) in [5, 5.41) is 17.3. The van der Waals surface area contributed by atoms with Crippen LogP contribution in [0.15, 0.2) is 23.5 Å². The van der Waals surface area contributed by atoms with Crippen LogP contribution < -0.4 is 5.73 Å². The Kier molecular flexibility index (Phi) is 6.79. The second-order valence-corrected chi connectivity index (χ2v) is 4.87. The molecule has 7 heteroatoms. The number of fused-ring (bicyclic) bond motifs is 1. The number of nitrogens with two attached hydrogens (primary N) is 1. The molecular formula is C15H20N4O3. The molecule has 0 atom stereocenters. The molecule has 118 valence electrons. The van der Waals surface area contributed by atoms with Crippen LogP contribution in [0.1, 0.15) is 37.3 Å². The molecule has 0 saturated carbocycles. The van der Waals surface area contributed by atoms with E-state index in [0.717, 1.165) is 35.0 Å². The number of rotatable bonds is 5. The molecule has 0 aliphatic carbocycles. The largest absolute Gasteiger partial charge is 0.409 e. The van der Waals surface area contributed by atoms with Crippen molar-refractivity contribution in [3.05, 3.63) is 29.5 Å². The van der Waals surface area contributed by atoms with E-state index in [1.165, 1.54) is 12.8 Å². The Morgan fingerprint density at radius 3 is 2.68 bits per heavy atom. The Morgan fingerprint density at radius 1 is 1.41 bits per heavy atom. The van der Waals surface area contributed by atoms with Crippen molar-refractivity contribution in [1.82, 2.24) is 9.78 Å². The molecule has 0 unspecified atom stereocenters. The molecule has 22 heavy (non-hydrogen) atoms. The van der Waals surface area contributed by atoms with Gasteiger partial charge in [0.1, 0.15) is 0 Å². The van der Waals surface area contributed by atoms with Crippen LogP contribution in [0.3, 0.4) is 0 Å². The number of unbranched alkanes of at least 4 members (excludes halogenated alkanes) is 2. The van der Waals surface area contributed by atoms with E-state index in [0.29, 0.717) is 0 Å². The van der Waals surface area contributed by atoms with Crippen LogP contribution in [0.25, 0.3) is 10.9 Å². The number of hydrogen-bond acceptors (Lipinski definition) is 5. The molecule has 2 aromatic rings. The number of carbonyl (C=O) groups excluding carboxylic acids is 2. The van der Waals surface area contributed by atoms with E-state index in [2.05, 4.69) is 17.2 Å². The van der Waals surface area contributed by atoms with Crippen molar-refractivity contribution in [3.63, 3.8) is 0 Å². The molecule has 0 saturated heterocycles. The first-order valence-electron chi connectivity index (χ1n) is 7.02. The van der Waals surface area contributed by atoms with Crippen molar-refractivity contribution in [2.45, 2.75) is 39.7 Å². The fourth-order valence-corrected chi connectivity index (χ4v) is 2.25. The number of hydrogen-bond donors (Lipinski definition) is 2. The van der Waals surface area contributed by atoms with Gasteiger partial charge in [-0.2, -0.15) is 14.7 Å². The lowest BCUT2D eigenvalue weighted by molar-refractivity contribution is -0.191. The van der Waals surface area contributed by atoms with Crippen molar-refractivity contribution in [1.29, 1.82) is 0 Å². The number of oxime groups is 1. The van der Waals surface area contributed by atoms with Crippen molar-refractivity contribution in [2.75, 3.05) is 0 Å². The zero-order valence-electron chi connectivity index (χ0n) is 12.7. The van der Waals surface area contributed by atoms with E-state index in [1.807, 2.05) is 29.9 Å². The maximum absolute atomic E-state index is 8.78. The molecule has 0 amide bonds. The molecule has 0 bridgehead atoms. The van der Waals surface area contributed by atoms with Gasteiger partial charge in [-0.3, -0.25) is 4.68 Å². The first-order chi connectivity index (χ1) is 10.6. The molecule has 1 aromatic heterocycles. The second kappa shape index (κ2) is 8.59. The third kappa shape index (κ3) is 4.17. The molecule has 0 spiro atoms. The second-order valence-electron chi connectivity index (χ2n) is 4.87. The van der Waals surface area contributed by atoms with E-state index in [-0.39, 0.29) is 12.0 Å². The highest BCUT2D eigenvalue weighted by molar-refractivity contribution is 6.01. The lowest BCUT2D eigenvalue weighted by Crippen LogP contribution is -2.14. The Labute approximate surface area is 128 Å². The minimum atomic E-state index is 0.137.